The Morgan fingerprint density at radius 1 is 1.30 bits per heavy atom. The molecule has 0 bridgehead atoms. The van der Waals surface area contributed by atoms with Crippen molar-refractivity contribution in [2.75, 3.05) is 13.2 Å². The molecular formula is C17H19N3O3. The van der Waals surface area contributed by atoms with Crippen LogP contribution in [-0.4, -0.2) is 33.9 Å². The monoisotopic (exact) mass is 313 g/mol. The number of amides is 1. The molecule has 3 rings (SSSR count). The fraction of sp³-hybridized carbons (Fsp3) is 0.353. The molecule has 1 N–H and O–H groups in total. The van der Waals surface area contributed by atoms with Crippen molar-refractivity contribution in [3.63, 3.8) is 0 Å². The number of rotatable bonds is 5. The van der Waals surface area contributed by atoms with Gasteiger partial charge in [0.2, 0.25) is 5.91 Å². The van der Waals surface area contributed by atoms with E-state index < -0.39 is 0 Å². The highest BCUT2D eigenvalue weighted by Crippen LogP contribution is 2.30. The van der Waals surface area contributed by atoms with Crippen molar-refractivity contribution in [2.24, 2.45) is 0 Å². The number of nitrogens with zero attached hydrogens (tertiary/aromatic N) is 2. The van der Waals surface area contributed by atoms with Crippen molar-refractivity contribution in [2.45, 2.75) is 25.3 Å². The third-order valence-corrected chi connectivity index (χ3v) is 3.96. The molecule has 1 aliphatic heterocycles. The van der Waals surface area contributed by atoms with Crippen molar-refractivity contribution >= 4 is 5.91 Å². The number of nitrogens with one attached hydrogen (secondary N) is 1. The molecule has 1 aromatic heterocycles. The summed E-state index contributed by atoms with van der Waals surface area (Å²) in [5, 5.41) is 0. The van der Waals surface area contributed by atoms with E-state index in [0.29, 0.717) is 19.6 Å². The van der Waals surface area contributed by atoms with Gasteiger partial charge in [-0.25, -0.2) is 9.78 Å². The summed E-state index contributed by atoms with van der Waals surface area (Å²) in [7, 11) is 0. The molecule has 1 aliphatic rings. The molecule has 2 heterocycles. The molecule has 6 nitrogen and oxygen atoms in total. The van der Waals surface area contributed by atoms with Crippen molar-refractivity contribution < 1.29 is 9.53 Å². The first-order valence-corrected chi connectivity index (χ1v) is 7.76. The zero-order valence-electron chi connectivity index (χ0n) is 12.8. The predicted octanol–water partition coefficient (Wildman–Crippen LogP) is 1.90. The zero-order valence-corrected chi connectivity index (χ0v) is 12.8. The average Bonchev–Trinajstić information content (AvgIpc) is 3.05. The summed E-state index contributed by atoms with van der Waals surface area (Å²) >= 11 is 0. The van der Waals surface area contributed by atoms with Crippen LogP contribution < -0.4 is 10.4 Å². The van der Waals surface area contributed by atoms with Gasteiger partial charge < -0.3 is 14.6 Å². The maximum absolute atomic E-state index is 12.4. The fourth-order valence-electron chi connectivity index (χ4n) is 2.88. The number of likely N-dealkylation sites (tertiary alicyclic amines) is 1. The van der Waals surface area contributed by atoms with Gasteiger partial charge in [0, 0.05) is 18.4 Å². The number of benzene rings is 1. The van der Waals surface area contributed by atoms with E-state index in [-0.39, 0.29) is 17.6 Å². The van der Waals surface area contributed by atoms with Crippen LogP contribution in [0.15, 0.2) is 47.4 Å². The largest absolute Gasteiger partial charge is 0.493 e. The first-order valence-electron chi connectivity index (χ1n) is 7.76. The van der Waals surface area contributed by atoms with Gasteiger partial charge in [0.05, 0.1) is 19.1 Å². The second-order valence-electron chi connectivity index (χ2n) is 5.49. The highest BCUT2D eigenvalue weighted by molar-refractivity contribution is 5.77. The van der Waals surface area contributed by atoms with E-state index in [9.17, 15) is 9.59 Å². The summed E-state index contributed by atoms with van der Waals surface area (Å²) in [5.74, 6) is 0.804. The van der Waals surface area contributed by atoms with Crippen LogP contribution in [0, 0.1) is 0 Å². The van der Waals surface area contributed by atoms with Crippen molar-refractivity contribution in [1.82, 2.24) is 14.9 Å². The minimum atomic E-state index is -0.380. The van der Waals surface area contributed by atoms with Gasteiger partial charge in [-0.1, -0.05) is 18.2 Å². The summed E-state index contributed by atoms with van der Waals surface area (Å²) in [6.07, 6.45) is 3.58. The molecule has 120 valence electrons. The van der Waals surface area contributed by atoms with E-state index in [1.165, 1.54) is 6.20 Å². The van der Waals surface area contributed by atoms with Crippen LogP contribution in [0.25, 0.3) is 0 Å². The van der Waals surface area contributed by atoms with Crippen LogP contribution in [-0.2, 0) is 4.79 Å². The highest BCUT2D eigenvalue weighted by atomic mass is 16.5. The molecule has 0 aliphatic carbocycles. The van der Waals surface area contributed by atoms with Gasteiger partial charge in [0.15, 0.2) is 0 Å². The van der Waals surface area contributed by atoms with Crippen LogP contribution in [0.1, 0.15) is 31.0 Å². The van der Waals surface area contributed by atoms with E-state index >= 15 is 0 Å². The molecule has 0 unspecified atom stereocenters. The first-order chi connectivity index (χ1) is 11.2. The lowest BCUT2D eigenvalue weighted by Gasteiger charge is -2.24. The molecule has 1 fully saturated rings. The Morgan fingerprint density at radius 2 is 2.13 bits per heavy atom. The fourth-order valence-corrected chi connectivity index (χ4v) is 2.88. The highest BCUT2D eigenvalue weighted by Gasteiger charge is 2.30. The molecule has 0 saturated carbocycles. The molecule has 1 aromatic carbocycles. The summed E-state index contributed by atoms with van der Waals surface area (Å²) in [4.78, 5) is 32.0. The van der Waals surface area contributed by atoms with Gasteiger partial charge in [-0.2, -0.15) is 0 Å². The molecule has 1 atom stereocenters. The number of para-hydroxylation sites is 1. The topological polar surface area (TPSA) is 75.3 Å². The quantitative estimate of drug-likeness (QED) is 0.915. The summed E-state index contributed by atoms with van der Waals surface area (Å²) in [6.45, 7) is 1.05. The molecular weight excluding hydrogens is 294 g/mol. The Morgan fingerprint density at radius 3 is 2.91 bits per heavy atom. The number of aromatic amines is 1. The second kappa shape index (κ2) is 7.09. The van der Waals surface area contributed by atoms with Crippen molar-refractivity contribution in [3.8, 4) is 5.75 Å². The van der Waals surface area contributed by atoms with E-state index in [1.54, 1.807) is 6.07 Å². The van der Waals surface area contributed by atoms with E-state index in [4.69, 9.17) is 4.74 Å². The van der Waals surface area contributed by atoms with E-state index in [1.807, 2.05) is 35.2 Å². The van der Waals surface area contributed by atoms with Crippen molar-refractivity contribution in [3.05, 3.63) is 58.8 Å². The second-order valence-corrected chi connectivity index (χ2v) is 5.49. The van der Waals surface area contributed by atoms with Crippen LogP contribution in [0.5, 0.6) is 5.75 Å². The van der Waals surface area contributed by atoms with Crippen LogP contribution in [0.2, 0.25) is 0 Å². The Kier molecular flexibility index (Phi) is 4.71. The standard InChI is InChI=1S/C17H19N3O3/c21-16(9-12-23-13-5-2-1-3-6-13)20-11-4-7-15(20)14-8-10-18-17(22)19-14/h1-3,5-6,8,10,15H,4,7,9,11-12H2,(H,18,19,22)/t15-/m0/s1. The van der Waals surface area contributed by atoms with Crippen LogP contribution in [0.4, 0.5) is 0 Å². The number of ether oxygens (including phenoxy) is 1. The average molecular weight is 313 g/mol. The van der Waals surface area contributed by atoms with Crippen LogP contribution in [0.3, 0.4) is 0 Å². The Balaban J connectivity index is 1.59. The molecule has 2 aromatic rings. The number of H-pyrrole nitrogens is 1. The maximum Gasteiger partial charge on any atom is 0.345 e. The number of carbonyl (C=O) groups excluding carboxylic acids is 1. The maximum atomic E-state index is 12.4. The number of aromatic nitrogens is 2. The Hall–Kier alpha value is -2.63. The lowest BCUT2D eigenvalue weighted by atomic mass is 10.1. The number of hydrogen-bond donors (Lipinski definition) is 1. The van der Waals surface area contributed by atoms with E-state index in [0.717, 1.165) is 24.3 Å². The Labute approximate surface area is 134 Å². The molecule has 23 heavy (non-hydrogen) atoms. The smallest absolute Gasteiger partial charge is 0.345 e. The van der Waals surface area contributed by atoms with Gasteiger partial charge in [0.1, 0.15) is 5.75 Å². The van der Waals surface area contributed by atoms with Crippen LogP contribution >= 0.6 is 0 Å². The van der Waals surface area contributed by atoms with Gasteiger partial charge in [-0.3, -0.25) is 4.79 Å². The van der Waals surface area contributed by atoms with Gasteiger partial charge in [0.25, 0.3) is 0 Å². The lowest BCUT2D eigenvalue weighted by Crippen LogP contribution is -2.32. The molecule has 0 radical (unpaired) electrons. The Bertz CT molecular complexity index is 714. The minimum absolute atomic E-state index is 0.0427. The van der Waals surface area contributed by atoms with Gasteiger partial charge in [-0.15, -0.1) is 0 Å². The third kappa shape index (κ3) is 3.77. The lowest BCUT2D eigenvalue weighted by molar-refractivity contribution is -0.132. The molecule has 6 heteroatoms. The van der Waals surface area contributed by atoms with Gasteiger partial charge >= 0.3 is 5.69 Å². The molecule has 1 amide bonds. The molecule has 1 saturated heterocycles. The zero-order chi connectivity index (χ0) is 16.1. The third-order valence-electron chi connectivity index (χ3n) is 3.96. The predicted molar refractivity (Wildman–Crippen MR) is 85.1 cm³/mol. The minimum Gasteiger partial charge on any atom is -0.493 e. The number of hydrogen-bond acceptors (Lipinski definition) is 4. The molecule has 0 spiro atoms. The summed E-state index contributed by atoms with van der Waals surface area (Å²) < 4.78 is 5.58. The summed E-state index contributed by atoms with van der Waals surface area (Å²) in [5.41, 5.74) is 0.369. The van der Waals surface area contributed by atoms with E-state index in [2.05, 4.69) is 9.97 Å². The van der Waals surface area contributed by atoms with Crippen molar-refractivity contribution in [1.29, 1.82) is 0 Å². The number of carbonyl (C=O) groups is 1. The first kappa shape index (κ1) is 15.3. The summed E-state index contributed by atoms with van der Waals surface area (Å²) in [6, 6.07) is 11.1. The van der Waals surface area contributed by atoms with Gasteiger partial charge in [-0.05, 0) is 31.0 Å². The normalized spacial score (nSPS) is 17.2. The SMILES string of the molecule is O=C(CCOc1ccccc1)N1CCC[C@H]1c1ccnc(=O)[nH]1.